The van der Waals surface area contributed by atoms with Gasteiger partial charge in [-0.15, -0.1) is 0 Å². The fraction of sp³-hybridized carbons (Fsp3) is 0.143. The van der Waals surface area contributed by atoms with Crippen molar-refractivity contribution in [3.8, 4) is 0 Å². The fourth-order valence-electron chi connectivity index (χ4n) is 2.05. The van der Waals surface area contributed by atoms with E-state index >= 15 is 0 Å². The Labute approximate surface area is 111 Å². The molecule has 0 aliphatic carbocycles. The van der Waals surface area contributed by atoms with E-state index in [9.17, 15) is 0 Å². The molecule has 0 spiro atoms. The van der Waals surface area contributed by atoms with Gasteiger partial charge in [-0.2, -0.15) is 5.10 Å². The largest absolute Gasteiger partial charge is 0.364 e. The van der Waals surface area contributed by atoms with Crippen LogP contribution in [0.25, 0.3) is 5.52 Å². The molecule has 3 aromatic rings. The number of rotatable bonds is 4. The number of nitrogens with one attached hydrogen (secondary N) is 1. The normalized spacial score (nSPS) is 10.8. The zero-order valence-corrected chi connectivity index (χ0v) is 10.5. The number of benzene rings is 1. The van der Waals surface area contributed by atoms with Gasteiger partial charge in [0.1, 0.15) is 5.52 Å². The Balaban J connectivity index is 1.80. The Kier molecular flexibility index (Phi) is 3.12. The zero-order chi connectivity index (χ0) is 13.1. The lowest BCUT2D eigenvalue weighted by Crippen LogP contribution is -2.04. The summed E-state index contributed by atoms with van der Waals surface area (Å²) >= 11 is 0. The molecular weight excluding hydrogens is 238 g/mol. The number of anilines is 1. The minimum Gasteiger partial charge on any atom is -0.364 e. The van der Waals surface area contributed by atoms with Gasteiger partial charge < -0.3 is 11.1 Å². The van der Waals surface area contributed by atoms with Gasteiger partial charge in [0.25, 0.3) is 0 Å². The topological polar surface area (TPSA) is 68.2 Å². The summed E-state index contributed by atoms with van der Waals surface area (Å²) in [6, 6.07) is 10.2. The molecule has 0 amide bonds. The Morgan fingerprint density at radius 3 is 2.95 bits per heavy atom. The third-order valence-corrected chi connectivity index (χ3v) is 3.01. The van der Waals surface area contributed by atoms with Gasteiger partial charge >= 0.3 is 0 Å². The lowest BCUT2D eigenvalue weighted by Gasteiger charge is -2.08. The van der Waals surface area contributed by atoms with E-state index < -0.39 is 0 Å². The van der Waals surface area contributed by atoms with Crippen molar-refractivity contribution in [1.82, 2.24) is 14.6 Å². The van der Waals surface area contributed by atoms with Crippen molar-refractivity contribution in [2.75, 3.05) is 5.32 Å². The summed E-state index contributed by atoms with van der Waals surface area (Å²) in [6.07, 6.45) is 5.32. The van der Waals surface area contributed by atoms with Gasteiger partial charge in [-0.3, -0.25) is 0 Å². The first-order valence-corrected chi connectivity index (χ1v) is 6.17. The summed E-state index contributed by atoms with van der Waals surface area (Å²) in [5.41, 5.74) is 8.93. The smallest absolute Gasteiger partial charge is 0.152 e. The average molecular weight is 253 g/mol. The molecule has 0 aliphatic rings. The summed E-state index contributed by atoms with van der Waals surface area (Å²) in [5, 5.41) is 7.51. The highest BCUT2D eigenvalue weighted by atomic mass is 15.2. The highest BCUT2D eigenvalue weighted by Crippen LogP contribution is 2.14. The highest BCUT2D eigenvalue weighted by molar-refractivity contribution is 5.66. The molecule has 0 aliphatic heterocycles. The first kappa shape index (κ1) is 11.7. The molecule has 96 valence electrons. The lowest BCUT2D eigenvalue weighted by atomic mass is 10.1. The second-order valence-corrected chi connectivity index (χ2v) is 4.31. The quantitative estimate of drug-likeness (QED) is 0.744. The fourth-order valence-corrected chi connectivity index (χ4v) is 2.05. The van der Waals surface area contributed by atoms with E-state index in [1.165, 1.54) is 5.56 Å². The molecule has 2 heterocycles. The standard InChI is InChI=1S/C14H15N5/c15-9-11-2-1-3-12(8-11)10-17-14-13-4-5-18-19(13)7-6-16-14/h1-8H,9-10,15H2,(H,16,17). The van der Waals surface area contributed by atoms with E-state index in [0.717, 1.165) is 16.9 Å². The minimum atomic E-state index is 0.560. The molecule has 0 saturated carbocycles. The summed E-state index contributed by atoms with van der Waals surface area (Å²) in [6.45, 7) is 1.27. The number of hydrogen-bond acceptors (Lipinski definition) is 4. The van der Waals surface area contributed by atoms with E-state index in [-0.39, 0.29) is 0 Å². The van der Waals surface area contributed by atoms with Crippen LogP contribution in [-0.2, 0) is 13.1 Å². The van der Waals surface area contributed by atoms with Crippen molar-refractivity contribution in [2.45, 2.75) is 13.1 Å². The van der Waals surface area contributed by atoms with Crippen LogP contribution in [0.3, 0.4) is 0 Å². The zero-order valence-electron chi connectivity index (χ0n) is 10.5. The predicted octanol–water partition coefficient (Wildman–Crippen LogP) is 1.80. The SMILES string of the molecule is NCc1cccc(CNc2nccn3nccc23)c1. The van der Waals surface area contributed by atoms with Crippen LogP contribution in [-0.4, -0.2) is 14.6 Å². The molecule has 3 rings (SSSR count). The third-order valence-electron chi connectivity index (χ3n) is 3.01. The third kappa shape index (κ3) is 2.41. The van der Waals surface area contributed by atoms with Crippen LogP contribution in [0, 0.1) is 0 Å². The molecule has 2 aromatic heterocycles. The second-order valence-electron chi connectivity index (χ2n) is 4.31. The maximum Gasteiger partial charge on any atom is 0.152 e. The van der Waals surface area contributed by atoms with Crippen LogP contribution in [0.15, 0.2) is 48.9 Å². The van der Waals surface area contributed by atoms with Crippen molar-refractivity contribution in [1.29, 1.82) is 0 Å². The summed E-state index contributed by atoms with van der Waals surface area (Å²) in [4.78, 5) is 4.34. The van der Waals surface area contributed by atoms with Gasteiger partial charge in [-0.1, -0.05) is 24.3 Å². The van der Waals surface area contributed by atoms with Crippen molar-refractivity contribution in [3.05, 3.63) is 60.0 Å². The summed E-state index contributed by atoms with van der Waals surface area (Å²) < 4.78 is 1.80. The van der Waals surface area contributed by atoms with Crippen LogP contribution in [0.4, 0.5) is 5.82 Å². The number of nitrogens with zero attached hydrogens (tertiary/aromatic N) is 3. The Morgan fingerprint density at radius 2 is 2.05 bits per heavy atom. The Bertz CT molecular complexity index is 689. The van der Waals surface area contributed by atoms with Crippen molar-refractivity contribution in [2.24, 2.45) is 5.73 Å². The Morgan fingerprint density at radius 1 is 1.16 bits per heavy atom. The maximum absolute atomic E-state index is 5.64. The van der Waals surface area contributed by atoms with E-state index in [1.807, 2.05) is 24.4 Å². The van der Waals surface area contributed by atoms with Crippen LogP contribution >= 0.6 is 0 Å². The number of aromatic nitrogens is 3. The summed E-state index contributed by atoms with van der Waals surface area (Å²) in [5.74, 6) is 0.832. The van der Waals surface area contributed by atoms with Crippen LogP contribution in [0.2, 0.25) is 0 Å². The molecule has 19 heavy (non-hydrogen) atoms. The Hall–Kier alpha value is -2.40. The molecule has 5 heteroatoms. The minimum absolute atomic E-state index is 0.560. The first-order valence-electron chi connectivity index (χ1n) is 6.17. The van der Waals surface area contributed by atoms with Crippen molar-refractivity contribution >= 4 is 11.3 Å². The van der Waals surface area contributed by atoms with Crippen molar-refractivity contribution < 1.29 is 0 Å². The van der Waals surface area contributed by atoms with Gasteiger partial charge in [-0.05, 0) is 17.2 Å². The van der Waals surface area contributed by atoms with Gasteiger partial charge in [-0.25, -0.2) is 9.50 Å². The van der Waals surface area contributed by atoms with E-state index in [1.54, 1.807) is 16.9 Å². The number of fused-ring (bicyclic) bond motifs is 1. The molecule has 0 fully saturated rings. The van der Waals surface area contributed by atoms with Gasteiger partial charge in [0, 0.05) is 25.5 Å². The number of nitrogens with two attached hydrogens (primary N) is 1. The van der Waals surface area contributed by atoms with Gasteiger partial charge in [0.2, 0.25) is 0 Å². The maximum atomic E-state index is 5.64. The van der Waals surface area contributed by atoms with Crippen LogP contribution in [0.1, 0.15) is 11.1 Å². The highest BCUT2D eigenvalue weighted by Gasteiger charge is 2.02. The molecule has 0 saturated heterocycles. The predicted molar refractivity (Wildman–Crippen MR) is 74.6 cm³/mol. The van der Waals surface area contributed by atoms with Crippen molar-refractivity contribution in [3.63, 3.8) is 0 Å². The molecule has 0 bridgehead atoms. The molecule has 0 radical (unpaired) electrons. The first-order chi connectivity index (χ1) is 9.36. The van der Waals surface area contributed by atoms with E-state index in [2.05, 4.69) is 27.5 Å². The summed E-state index contributed by atoms with van der Waals surface area (Å²) in [7, 11) is 0. The molecule has 0 atom stereocenters. The van der Waals surface area contributed by atoms with Gasteiger partial charge in [0.15, 0.2) is 5.82 Å². The molecule has 5 nitrogen and oxygen atoms in total. The lowest BCUT2D eigenvalue weighted by molar-refractivity contribution is 0.942. The van der Waals surface area contributed by atoms with E-state index in [4.69, 9.17) is 5.73 Å². The van der Waals surface area contributed by atoms with Crippen LogP contribution in [0.5, 0.6) is 0 Å². The molecular formula is C14H15N5. The monoisotopic (exact) mass is 253 g/mol. The second kappa shape index (κ2) is 5.07. The van der Waals surface area contributed by atoms with Gasteiger partial charge in [0.05, 0.1) is 6.20 Å². The number of hydrogen-bond donors (Lipinski definition) is 2. The molecule has 3 N–H and O–H groups in total. The molecule has 1 aromatic carbocycles. The molecule has 0 unspecified atom stereocenters. The van der Waals surface area contributed by atoms with E-state index in [0.29, 0.717) is 13.1 Å². The van der Waals surface area contributed by atoms with Crippen LogP contribution < -0.4 is 11.1 Å². The average Bonchev–Trinajstić information content (AvgIpc) is 2.94.